The maximum atomic E-state index is 13.7. The van der Waals surface area contributed by atoms with Crippen LogP contribution in [0.4, 0.5) is 5.69 Å². The zero-order valence-corrected chi connectivity index (χ0v) is 22.3. The van der Waals surface area contributed by atoms with Gasteiger partial charge in [0.2, 0.25) is 11.8 Å². The smallest absolute Gasteiger partial charge is 0.304 e. The first-order valence-electron chi connectivity index (χ1n) is 11.7. The highest BCUT2D eigenvalue weighted by Crippen LogP contribution is 2.21. The fourth-order valence-electron chi connectivity index (χ4n) is 3.52. The molecular weight excluding hydrogens is 488 g/mol. The summed E-state index contributed by atoms with van der Waals surface area (Å²) in [6.07, 6.45) is 2.14. The van der Waals surface area contributed by atoms with Gasteiger partial charge in [-0.05, 0) is 42.7 Å². The molecular formula is C25H35ClN4O4S. The molecule has 10 heteroatoms. The standard InChI is InChI=1S/C25H35ClN4O4S/c1-5-7-17-27-25(32)23(6-2)29(18-20-13-15-21(26)16-14-20)24(31)19-30(35(33,34)28(3)4)22-11-9-8-10-12-22/h8-16,23H,5-7,17-19H2,1-4H3,(H,27,32)/t23-/m1/s1. The minimum absolute atomic E-state index is 0.139. The van der Waals surface area contributed by atoms with E-state index in [-0.39, 0.29) is 12.5 Å². The minimum atomic E-state index is -3.97. The first-order chi connectivity index (χ1) is 16.6. The Labute approximate surface area is 214 Å². The number of amides is 2. The zero-order chi connectivity index (χ0) is 26.0. The number of hydrogen-bond donors (Lipinski definition) is 1. The molecule has 0 aliphatic rings. The Balaban J connectivity index is 2.42. The maximum absolute atomic E-state index is 13.7. The lowest BCUT2D eigenvalue weighted by Crippen LogP contribution is -2.53. The molecule has 0 saturated heterocycles. The fourth-order valence-corrected chi connectivity index (χ4v) is 4.71. The quantitative estimate of drug-likeness (QED) is 0.406. The van der Waals surface area contributed by atoms with Crippen LogP contribution in [0.15, 0.2) is 54.6 Å². The molecule has 0 aliphatic heterocycles. The highest BCUT2D eigenvalue weighted by Gasteiger charge is 2.33. The summed E-state index contributed by atoms with van der Waals surface area (Å²) < 4.78 is 28.4. The number of rotatable bonds is 13. The summed E-state index contributed by atoms with van der Waals surface area (Å²) in [5.41, 5.74) is 1.14. The van der Waals surface area contributed by atoms with Crippen molar-refractivity contribution in [3.8, 4) is 0 Å². The van der Waals surface area contributed by atoms with E-state index in [0.29, 0.717) is 23.7 Å². The second kappa shape index (κ2) is 13.5. The zero-order valence-electron chi connectivity index (χ0n) is 20.8. The van der Waals surface area contributed by atoms with Crippen LogP contribution in [0.5, 0.6) is 0 Å². The van der Waals surface area contributed by atoms with Crippen molar-refractivity contribution in [2.75, 3.05) is 31.5 Å². The molecule has 0 heterocycles. The molecule has 8 nitrogen and oxygen atoms in total. The van der Waals surface area contributed by atoms with Crippen molar-refractivity contribution in [1.29, 1.82) is 0 Å². The highest BCUT2D eigenvalue weighted by molar-refractivity contribution is 7.90. The molecule has 0 bridgehead atoms. The predicted molar refractivity (Wildman–Crippen MR) is 140 cm³/mol. The van der Waals surface area contributed by atoms with Gasteiger partial charge in [0.15, 0.2) is 0 Å². The third-order valence-corrected chi connectivity index (χ3v) is 7.62. The molecule has 2 rings (SSSR count). The summed E-state index contributed by atoms with van der Waals surface area (Å²) in [6.45, 7) is 4.07. The van der Waals surface area contributed by atoms with Crippen molar-refractivity contribution in [2.24, 2.45) is 0 Å². The van der Waals surface area contributed by atoms with Gasteiger partial charge in [0.05, 0.1) is 5.69 Å². The van der Waals surface area contributed by atoms with Crippen LogP contribution in [0.25, 0.3) is 0 Å². The molecule has 0 spiro atoms. The first-order valence-corrected chi connectivity index (χ1v) is 13.5. The summed E-state index contributed by atoms with van der Waals surface area (Å²) in [5, 5.41) is 3.46. The molecule has 0 radical (unpaired) electrons. The van der Waals surface area contributed by atoms with Crippen LogP contribution >= 0.6 is 11.6 Å². The largest absolute Gasteiger partial charge is 0.354 e. The van der Waals surface area contributed by atoms with Gasteiger partial charge in [0.25, 0.3) is 0 Å². The summed E-state index contributed by atoms with van der Waals surface area (Å²) in [5.74, 6) is -0.739. The van der Waals surface area contributed by atoms with Crippen LogP contribution in [0.1, 0.15) is 38.7 Å². The molecule has 1 atom stereocenters. The second-order valence-electron chi connectivity index (χ2n) is 8.35. The van der Waals surface area contributed by atoms with E-state index in [0.717, 1.165) is 27.0 Å². The third kappa shape index (κ3) is 7.95. The van der Waals surface area contributed by atoms with Crippen molar-refractivity contribution in [2.45, 2.75) is 45.7 Å². The number of benzene rings is 2. The van der Waals surface area contributed by atoms with Gasteiger partial charge in [0, 0.05) is 32.2 Å². The van der Waals surface area contributed by atoms with Crippen molar-refractivity contribution in [3.63, 3.8) is 0 Å². The number of hydrogen-bond acceptors (Lipinski definition) is 4. The average molecular weight is 523 g/mol. The first kappa shape index (κ1) is 28.6. The van der Waals surface area contributed by atoms with Gasteiger partial charge in [-0.3, -0.25) is 9.59 Å². The Morgan fingerprint density at radius 2 is 1.63 bits per heavy atom. The van der Waals surface area contributed by atoms with E-state index in [1.807, 2.05) is 13.8 Å². The van der Waals surface area contributed by atoms with Gasteiger partial charge >= 0.3 is 10.2 Å². The highest BCUT2D eigenvalue weighted by atomic mass is 35.5. The van der Waals surface area contributed by atoms with E-state index < -0.39 is 28.7 Å². The Kier molecular flexibility index (Phi) is 11.0. The maximum Gasteiger partial charge on any atom is 0.304 e. The van der Waals surface area contributed by atoms with E-state index in [2.05, 4.69) is 5.32 Å². The number of halogens is 1. The Bertz CT molecular complexity index is 1060. The van der Waals surface area contributed by atoms with Gasteiger partial charge in [-0.1, -0.05) is 62.2 Å². The molecule has 1 N–H and O–H groups in total. The predicted octanol–water partition coefficient (Wildman–Crippen LogP) is 3.68. The second-order valence-corrected chi connectivity index (χ2v) is 10.9. The summed E-state index contributed by atoms with van der Waals surface area (Å²) in [7, 11) is -1.14. The Morgan fingerprint density at radius 1 is 1.00 bits per heavy atom. The number of carbonyl (C=O) groups is 2. The molecule has 2 aromatic carbocycles. The van der Waals surface area contributed by atoms with E-state index in [9.17, 15) is 18.0 Å². The molecule has 2 amide bonds. The fraction of sp³-hybridized carbons (Fsp3) is 0.440. The average Bonchev–Trinajstić information content (AvgIpc) is 2.84. The molecule has 0 unspecified atom stereocenters. The van der Waals surface area contributed by atoms with Crippen molar-refractivity contribution >= 4 is 39.3 Å². The van der Waals surface area contributed by atoms with E-state index in [4.69, 9.17) is 11.6 Å². The Morgan fingerprint density at radius 3 is 2.17 bits per heavy atom. The van der Waals surface area contributed by atoms with Crippen LogP contribution in [0, 0.1) is 0 Å². The lowest BCUT2D eigenvalue weighted by molar-refractivity contribution is -0.140. The lowest BCUT2D eigenvalue weighted by Gasteiger charge is -2.34. The molecule has 0 fully saturated rings. The molecule has 2 aromatic rings. The summed E-state index contributed by atoms with van der Waals surface area (Å²) >= 11 is 6.02. The lowest BCUT2D eigenvalue weighted by atomic mass is 10.1. The van der Waals surface area contributed by atoms with Crippen molar-refractivity contribution in [3.05, 3.63) is 65.2 Å². The number of nitrogens with zero attached hydrogens (tertiary/aromatic N) is 3. The molecule has 0 saturated carbocycles. The number of nitrogens with one attached hydrogen (secondary N) is 1. The van der Waals surface area contributed by atoms with Crippen LogP contribution in [0.2, 0.25) is 5.02 Å². The van der Waals surface area contributed by atoms with Crippen LogP contribution in [-0.2, 0) is 26.3 Å². The van der Waals surface area contributed by atoms with E-state index >= 15 is 0 Å². The topological polar surface area (TPSA) is 90.0 Å². The summed E-state index contributed by atoms with van der Waals surface area (Å²) in [4.78, 5) is 28.2. The molecule has 192 valence electrons. The summed E-state index contributed by atoms with van der Waals surface area (Å²) in [6, 6.07) is 14.7. The molecule has 35 heavy (non-hydrogen) atoms. The van der Waals surface area contributed by atoms with Gasteiger partial charge in [-0.15, -0.1) is 0 Å². The monoisotopic (exact) mass is 522 g/mol. The van der Waals surface area contributed by atoms with Crippen molar-refractivity contribution < 1.29 is 18.0 Å². The van der Waals surface area contributed by atoms with E-state index in [1.165, 1.54) is 19.0 Å². The van der Waals surface area contributed by atoms with E-state index in [1.54, 1.807) is 54.6 Å². The van der Waals surface area contributed by atoms with Gasteiger partial charge in [-0.25, -0.2) is 4.31 Å². The number of carbonyl (C=O) groups excluding carboxylic acids is 2. The third-order valence-electron chi connectivity index (χ3n) is 5.54. The molecule has 0 aliphatic carbocycles. The number of para-hydroxylation sites is 1. The normalized spacial score (nSPS) is 12.3. The van der Waals surface area contributed by atoms with Gasteiger partial charge < -0.3 is 10.2 Å². The number of unbranched alkanes of at least 4 members (excludes halogenated alkanes) is 1. The van der Waals surface area contributed by atoms with Crippen LogP contribution < -0.4 is 9.62 Å². The van der Waals surface area contributed by atoms with Crippen LogP contribution in [0.3, 0.4) is 0 Å². The number of anilines is 1. The molecule has 0 aromatic heterocycles. The van der Waals surface area contributed by atoms with Gasteiger partial charge in [-0.2, -0.15) is 12.7 Å². The minimum Gasteiger partial charge on any atom is -0.354 e. The van der Waals surface area contributed by atoms with Crippen molar-refractivity contribution in [1.82, 2.24) is 14.5 Å². The van der Waals surface area contributed by atoms with Gasteiger partial charge in [0.1, 0.15) is 12.6 Å². The SMILES string of the molecule is CCCCNC(=O)[C@@H](CC)N(Cc1ccc(Cl)cc1)C(=O)CN(c1ccccc1)S(=O)(=O)N(C)C. The Hall–Kier alpha value is -2.62. The van der Waals surface area contributed by atoms with Crippen LogP contribution in [-0.4, -0.2) is 62.7 Å².